The zero-order valence-electron chi connectivity index (χ0n) is 15.0. The topological polar surface area (TPSA) is 107 Å². The van der Waals surface area contributed by atoms with E-state index in [0.717, 1.165) is 12.1 Å². The maximum Gasteiger partial charge on any atom is 0.290 e. The van der Waals surface area contributed by atoms with Crippen molar-refractivity contribution in [3.63, 3.8) is 0 Å². The van der Waals surface area contributed by atoms with Gasteiger partial charge in [0.05, 0.1) is 14.7 Å². The van der Waals surface area contributed by atoms with Crippen molar-refractivity contribution in [2.24, 2.45) is 3.77 Å². The van der Waals surface area contributed by atoms with E-state index in [1.54, 1.807) is 30.3 Å². The molecule has 0 bridgehead atoms. The van der Waals surface area contributed by atoms with Gasteiger partial charge < -0.3 is 0 Å². The van der Waals surface area contributed by atoms with Crippen molar-refractivity contribution < 1.29 is 17.6 Å². The van der Waals surface area contributed by atoms with Crippen LogP contribution in [0, 0.1) is 10.1 Å². The largest absolute Gasteiger partial charge is 0.290 e. The van der Waals surface area contributed by atoms with Gasteiger partial charge in [0.25, 0.3) is 15.7 Å². The molecule has 0 aliphatic heterocycles. The monoisotopic (exact) mass is 428 g/mol. The summed E-state index contributed by atoms with van der Waals surface area (Å²) in [6.45, 7) is 0. The molecule has 29 heavy (non-hydrogen) atoms. The molecule has 0 saturated heterocycles. The molecule has 3 aromatic rings. The molecule has 0 aliphatic rings. The second-order valence-electron chi connectivity index (χ2n) is 5.90. The van der Waals surface area contributed by atoms with Crippen molar-refractivity contribution in [1.29, 1.82) is 0 Å². The summed E-state index contributed by atoms with van der Waals surface area (Å²) >= 11 is 0. The molecule has 0 N–H and O–H groups in total. The van der Waals surface area contributed by atoms with Crippen LogP contribution < -0.4 is 0 Å². The lowest BCUT2D eigenvalue weighted by atomic mass is 10.2. The highest BCUT2D eigenvalue weighted by Gasteiger charge is 2.19. The van der Waals surface area contributed by atoms with E-state index in [0.29, 0.717) is 5.56 Å². The SMILES string of the molecule is O=[N+]([O-])c1ccc(S(=O)(/C=C/c2ccccc2)=NS(=O)(=O)c2ccccc2)cc1. The Labute approximate surface area is 168 Å². The van der Waals surface area contributed by atoms with Crippen LogP contribution in [0.5, 0.6) is 0 Å². The number of hydrogen-bond donors (Lipinski definition) is 0. The summed E-state index contributed by atoms with van der Waals surface area (Å²) in [5.41, 5.74) is 0.503. The molecule has 0 amide bonds. The number of sulfonamides is 1. The number of nitro benzene ring substituents is 1. The number of hydrogen-bond acceptors (Lipinski definition) is 5. The van der Waals surface area contributed by atoms with Crippen LogP contribution in [-0.2, 0) is 19.8 Å². The Kier molecular flexibility index (Phi) is 5.90. The van der Waals surface area contributed by atoms with Gasteiger partial charge in [-0.2, -0.15) is 8.42 Å². The molecule has 0 spiro atoms. The van der Waals surface area contributed by atoms with Crippen LogP contribution in [-0.4, -0.2) is 17.6 Å². The molecule has 0 aliphatic carbocycles. The number of nitro groups is 1. The average Bonchev–Trinajstić information content (AvgIpc) is 2.73. The fourth-order valence-corrected chi connectivity index (χ4v) is 6.00. The summed E-state index contributed by atoms with van der Waals surface area (Å²) in [5, 5.41) is 12.1. The number of benzene rings is 3. The second kappa shape index (κ2) is 8.38. The Morgan fingerprint density at radius 3 is 1.86 bits per heavy atom. The van der Waals surface area contributed by atoms with E-state index >= 15 is 0 Å². The molecule has 148 valence electrons. The van der Waals surface area contributed by atoms with Crippen LogP contribution in [0.15, 0.2) is 104 Å². The third kappa shape index (κ3) is 4.95. The Morgan fingerprint density at radius 1 is 0.759 bits per heavy atom. The fraction of sp³-hybridized carbons (Fsp3) is 0. The molecule has 9 heteroatoms. The first kappa shape index (κ1) is 20.4. The van der Waals surface area contributed by atoms with Crippen LogP contribution in [0.25, 0.3) is 6.08 Å². The van der Waals surface area contributed by atoms with Gasteiger partial charge >= 0.3 is 0 Å². The van der Waals surface area contributed by atoms with Gasteiger partial charge in [-0.25, -0.2) is 4.21 Å². The summed E-state index contributed by atoms with van der Waals surface area (Å²) in [6.07, 6.45) is 1.51. The van der Waals surface area contributed by atoms with Crippen LogP contribution in [0.1, 0.15) is 5.56 Å². The smallest absolute Gasteiger partial charge is 0.258 e. The molecule has 3 rings (SSSR count). The standard InChI is InChI=1S/C20H16N2O5S2/c23-22(24)18-11-13-19(14-12-18)28(25,16-15-17-7-3-1-4-8-17)21-29(26,27)20-9-5-2-6-10-20/h1-16H/b16-15+. The number of non-ortho nitro benzene ring substituents is 1. The normalized spacial score (nSPS) is 13.7. The minimum Gasteiger partial charge on any atom is -0.258 e. The van der Waals surface area contributed by atoms with Gasteiger partial charge in [0.2, 0.25) is 0 Å². The van der Waals surface area contributed by atoms with Crippen molar-refractivity contribution in [3.8, 4) is 0 Å². The summed E-state index contributed by atoms with van der Waals surface area (Å²) in [7, 11) is -7.81. The van der Waals surface area contributed by atoms with Crippen LogP contribution >= 0.6 is 0 Å². The highest BCUT2D eigenvalue weighted by molar-refractivity contribution is 8.05. The van der Waals surface area contributed by atoms with E-state index in [4.69, 9.17) is 0 Å². The van der Waals surface area contributed by atoms with E-state index in [1.165, 1.54) is 47.9 Å². The summed E-state index contributed by atoms with van der Waals surface area (Å²) in [6, 6.07) is 21.2. The van der Waals surface area contributed by atoms with E-state index in [9.17, 15) is 22.7 Å². The van der Waals surface area contributed by atoms with Crippen molar-refractivity contribution in [2.45, 2.75) is 9.79 Å². The van der Waals surface area contributed by atoms with E-state index in [-0.39, 0.29) is 15.5 Å². The van der Waals surface area contributed by atoms with Gasteiger partial charge in [0.1, 0.15) is 9.73 Å². The van der Waals surface area contributed by atoms with Crippen molar-refractivity contribution in [1.82, 2.24) is 0 Å². The maximum atomic E-state index is 13.6. The molecule has 7 nitrogen and oxygen atoms in total. The zero-order valence-corrected chi connectivity index (χ0v) is 16.6. The molecular formula is C20H16N2O5S2. The quantitative estimate of drug-likeness (QED) is 0.425. The third-order valence-electron chi connectivity index (χ3n) is 3.88. The Hall–Kier alpha value is -3.30. The van der Waals surface area contributed by atoms with E-state index in [2.05, 4.69) is 3.77 Å². The molecule has 0 aromatic heterocycles. The first-order valence-electron chi connectivity index (χ1n) is 8.36. The first-order chi connectivity index (χ1) is 13.8. The predicted octanol–water partition coefficient (Wildman–Crippen LogP) is 4.48. The summed E-state index contributed by atoms with van der Waals surface area (Å²) in [5.74, 6) is 0. The minimum atomic E-state index is -4.23. The van der Waals surface area contributed by atoms with Crippen LogP contribution in [0.4, 0.5) is 5.69 Å². The molecule has 1 unspecified atom stereocenters. The van der Waals surface area contributed by atoms with E-state index in [1.807, 2.05) is 6.07 Å². The number of nitrogens with zero attached hydrogens (tertiary/aromatic N) is 2. The van der Waals surface area contributed by atoms with Crippen molar-refractivity contribution in [2.75, 3.05) is 0 Å². The third-order valence-corrected chi connectivity index (χ3v) is 7.87. The fourth-order valence-electron chi connectivity index (χ4n) is 2.43. The highest BCUT2D eigenvalue weighted by atomic mass is 32.3. The van der Waals surface area contributed by atoms with Gasteiger partial charge in [0, 0.05) is 17.5 Å². The lowest BCUT2D eigenvalue weighted by molar-refractivity contribution is -0.384. The van der Waals surface area contributed by atoms with Crippen molar-refractivity contribution >= 4 is 31.5 Å². The Balaban J connectivity index is 2.17. The lowest BCUT2D eigenvalue weighted by Crippen LogP contribution is -2.04. The molecule has 0 saturated carbocycles. The van der Waals surface area contributed by atoms with Gasteiger partial charge in [-0.1, -0.05) is 52.3 Å². The second-order valence-corrected chi connectivity index (χ2v) is 9.79. The molecular weight excluding hydrogens is 412 g/mol. The summed E-state index contributed by atoms with van der Waals surface area (Å²) < 4.78 is 42.8. The van der Waals surface area contributed by atoms with Crippen LogP contribution in [0.2, 0.25) is 0 Å². The average molecular weight is 428 g/mol. The molecule has 0 fully saturated rings. The predicted molar refractivity (Wildman–Crippen MR) is 111 cm³/mol. The Bertz CT molecular complexity index is 1260. The Morgan fingerprint density at radius 2 is 1.31 bits per heavy atom. The minimum absolute atomic E-state index is 0.0507. The molecule has 0 heterocycles. The van der Waals surface area contributed by atoms with Crippen molar-refractivity contribution in [3.05, 3.63) is 106 Å². The lowest BCUT2D eigenvalue weighted by Gasteiger charge is -2.07. The van der Waals surface area contributed by atoms with Crippen LogP contribution in [0.3, 0.4) is 0 Å². The van der Waals surface area contributed by atoms with Gasteiger partial charge in [-0.3, -0.25) is 10.1 Å². The zero-order chi connectivity index (χ0) is 20.9. The van der Waals surface area contributed by atoms with E-state index < -0.39 is 24.7 Å². The van der Waals surface area contributed by atoms with Gasteiger partial charge in [0.15, 0.2) is 0 Å². The summed E-state index contributed by atoms with van der Waals surface area (Å²) in [4.78, 5) is 10.2. The first-order valence-corrected chi connectivity index (χ1v) is 11.4. The highest BCUT2D eigenvalue weighted by Crippen LogP contribution is 2.24. The molecule has 0 radical (unpaired) electrons. The molecule has 1 atom stereocenters. The van der Waals surface area contributed by atoms with Gasteiger partial charge in [-0.05, 0) is 35.9 Å². The van der Waals surface area contributed by atoms with Gasteiger partial charge in [-0.15, -0.1) is 0 Å². The number of rotatable bonds is 6. The maximum absolute atomic E-state index is 13.6. The molecule has 3 aromatic carbocycles.